The van der Waals surface area contributed by atoms with E-state index in [0.29, 0.717) is 19.1 Å². The zero-order valence-electron chi connectivity index (χ0n) is 9.03. The highest BCUT2D eigenvalue weighted by Gasteiger charge is 2.03. The topological polar surface area (TPSA) is 38.7 Å². The van der Waals surface area contributed by atoms with Gasteiger partial charge >= 0.3 is 0 Å². The van der Waals surface area contributed by atoms with Gasteiger partial charge in [0.2, 0.25) is 0 Å². The van der Waals surface area contributed by atoms with Crippen LogP contribution in [-0.2, 0) is 9.47 Å². The molecule has 0 aliphatic rings. The van der Waals surface area contributed by atoms with Crippen molar-refractivity contribution in [2.45, 2.75) is 26.4 Å². The average Bonchev–Trinajstić information content (AvgIpc) is 2.13. The van der Waals surface area contributed by atoms with E-state index < -0.39 is 6.10 Å². The molecular weight excluding hydrogens is 180 g/mol. The van der Waals surface area contributed by atoms with Gasteiger partial charge in [0.1, 0.15) is 12.7 Å². The van der Waals surface area contributed by atoms with E-state index in [1.54, 1.807) is 0 Å². The minimum atomic E-state index is -0.574. The number of rotatable bonds is 8. The van der Waals surface area contributed by atoms with E-state index in [-0.39, 0.29) is 13.2 Å². The van der Waals surface area contributed by atoms with Gasteiger partial charge in [-0.1, -0.05) is 19.8 Å². The van der Waals surface area contributed by atoms with Crippen molar-refractivity contribution in [3.63, 3.8) is 0 Å². The predicted octanol–water partition coefficient (Wildman–Crippen LogP) is 1.06. The Hall–Kier alpha value is -0.560. The Morgan fingerprint density at radius 1 is 1.29 bits per heavy atom. The Bertz CT molecular complexity index is 160. The first-order chi connectivity index (χ1) is 6.66. The second-order valence-corrected chi connectivity index (χ2v) is 3.63. The van der Waals surface area contributed by atoms with Crippen LogP contribution < -0.4 is 0 Å². The van der Waals surface area contributed by atoms with Crippen molar-refractivity contribution in [2.75, 3.05) is 26.4 Å². The highest BCUT2D eigenvalue weighted by molar-refractivity contribution is 4.82. The fourth-order valence-corrected chi connectivity index (χ4v) is 0.840. The van der Waals surface area contributed by atoms with Crippen LogP contribution in [0.4, 0.5) is 0 Å². The molecule has 0 spiro atoms. The van der Waals surface area contributed by atoms with Gasteiger partial charge < -0.3 is 14.6 Å². The van der Waals surface area contributed by atoms with Crippen molar-refractivity contribution >= 4 is 0 Å². The largest absolute Gasteiger partial charge is 0.388 e. The highest BCUT2D eigenvalue weighted by Crippen LogP contribution is 1.99. The Balaban J connectivity index is 3.19. The average molecular weight is 200 g/mol. The fraction of sp³-hybridized carbons (Fsp3) is 0.818. The monoisotopic (exact) mass is 200 g/mol. The second kappa shape index (κ2) is 9.01. The first-order valence-electron chi connectivity index (χ1n) is 4.93. The third kappa shape index (κ3) is 9.53. The lowest BCUT2D eigenvalue weighted by molar-refractivity contribution is -0.0140. The molecule has 0 fully saturated rings. The highest BCUT2D eigenvalue weighted by atomic mass is 16.5. The van der Waals surface area contributed by atoms with Gasteiger partial charge in [-0.3, -0.25) is 0 Å². The van der Waals surface area contributed by atoms with Crippen molar-refractivity contribution in [3.8, 4) is 12.3 Å². The van der Waals surface area contributed by atoms with Gasteiger partial charge in [0, 0.05) is 6.61 Å². The van der Waals surface area contributed by atoms with Crippen LogP contribution >= 0.6 is 0 Å². The summed E-state index contributed by atoms with van der Waals surface area (Å²) in [6.07, 6.45) is 5.42. The molecule has 3 nitrogen and oxygen atoms in total. The normalized spacial score (nSPS) is 12.8. The van der Waals surface area contributed by atoms with Gasteiger partial charge in [-0.2, -0.15) is 0 Å². The Kier molecular flexibility index (Phi) is 8.65. The summed E-state index contributed by atoms with van der Waals surface area (Å²) >= 11 is 0. The zero-order chi connectivity index (χ0) is 10.8. The van der Waals surface area contributed by atoms with Crippen LogP contribution in [0.2, 0.25) is 0 Å². The van der Waals surface area contributed by atoms with E-state index in [1.165, 1.54) is 0 Å². The number of aliphatic hydroxyl groups excluding tert-OH is 1. The molecule has 0 aromatic heterocycles. The SMILES string of the molecule is C#CCOCC(O)COCCC(C)C. The maximum atomic E-state index is 9.32. The van der Waals surface area contributed by atoms with Crippen LogP contribution in [0.3, 0.4) is 0 Å². The van der Waals surface area contributed by atoms with Crippen molar-refractivity contribution in [1.82, 2.24) is 0 Å². The molecule has 0 saturated carbocycles. The Morgan fingerprint density at radius 3 is 2.50 bits per heavy atom. The summed E-state index contributed by atoms with van der Waals surface area (Å²) in [7, 11) is 0. The van der Waals surface area contributed by atoms with Gasteiger partial charge in [0.05, 0.1) is 13.2 Å². The van der Waals surface area contributed by atoms with Gasteiger partial charge in [0.15, 0.2) is 0 Å². The number of aliphatic hydroxyl groups is 1. The van der Waals surface area contributed by atoms with Crippen molar-refractivity contribution in [3.05, 3.63) is 0 Å². The molecule has 0 aromatic carbocycles. The Labute approximate surface area is 86.4 Å². The fourth-order valence-electron chi connectivity index (χ4n) is 0.840. The van der Waals surface area contributed by atoms with Gasteiger partial charge in [-0.05, 0) is 12.3 Å². The molecule has 0 aliphatic carbocycles. The van der Waals surface area contributed by atoms with E-state index in [1.807, 2.05) is 0 Å². The smallest absolute Gasteiger partial charge is 0.107 e. The van der Waals surface area contributed by atoms with Crippen LogP contribution in [0.5, 0.6) is 0 Å². The minimum Gasteiger partial charge on any atom is -0.388 e. The molecule has 1 atom stereocenters. The lowest BCUT2D eigenvalue weighted by atomic mass is 10.1. The number of hydrogen-bond donors (Lipinski definition) is 1. The van der Waals surface area contributed by atoms with Gasteiger partial charge in [-0.15, -0.1) is 6.42 Å². The number of hydrogen-bond acceptors (Lipinski definition) is 3. The molecule has 3 heteroatoms. The summed E-state index contributed by atoms with van der Waals surface area (Å²) in [5, 5.41) is 9.32. The third-order valence-corrected chi connectivity index (χ3v) is 1.65. The standard InChI is InChI=1S/C11H20O3/c1-4-6-13-8-11(12)9-14-7-5-10(2)3/h1,10-12H,5-9H2,2-3H3. The molecule has 0 rings (SSSR count). The molecule has 0 aliphatic heterocycles. The second-order valence-electron chi connectivity index (χ2n) is 3.63. The van der Waals surface area contributed by atoms with Crippen molar-refractivity contribution < 1.29 is 14.6 Å². The number of terminal acetylenes is 1. The maximum Gasteiger partial charge on any atom is 0.107 e. The predicted molar refractivity (Wildman–Crippen MR) is 55.9 cm³/mol. The van der Waals surface area contributed by atoms with Gasteiger partial charge in [0.25, 0.3) is 0 Å². The molecule has 0 heterocycles. The number of ether oxygens (including phenoxy) is 2. The summed E-state index contributed by atoms with van der Waals surface area (Å²) in [4.78, 5) is 0. The lowest BCUT2D eigenvalue weighted by Crippen LogP contribution is -2.22. The van der Waals surface area contributed by atoms with Gasteiger partial charge in [-0.25, -0.2) is 0 Å². The zero-order valence-corrected chi connectivity index (χ0v) is 9.03. The summed E-state index contributed by atoms with van der Waals surface area (Å²) in [5.41, 5.74) is 0. The van der Waals surface area contributed by atoms with Crippen molar-refractivity contribution in [1.29, 1.82) is 0 Å². The van der Waals surface area contributed by atoms with Crippen LogP contribution in [0.1, 0.15) is 20.3 Å². The molecule has 1 N–H and O–H groups in total. The van der Waals surface area contributed by atoms with E-state index in [9.17, 15) is 5.11 Å². The molecular formula is C11H20O3. The maximum absolute atomic E-state index is 9.32. The van der Waals surface area contributed by atoms with E-state index in [2.05, 4.69) is 19.8 Å². The summed E-state index contributed by atoms with van der Waals surface area (Å²) in [6, 6.07) is 0. The van der Waals surface area contributed by atoms with E-state index in [0.717, 1.165) is 6.42 Å². The van der Waals surface area contributed by atoms with E-state index >= 15 is 0 Å². The third-order valence-electron chi connectivity index (χ3n) is 1.65. The van der Waals surface area contributed by atoms with Crippen LogP contribution in [0, 0.1) is 18.3 Å². The Morgan fingerprint density at radius 2 is 1.93 bits per heavy atom. The van der Waals surface area contributed by atoms with E-state index in [4.69, 9.17) is 15.9 Å². The van der Waals surface area contributed by atoms with Crippen LogP contribution in [0.25, 0.3) is 0 Å². The van der Waals surface area contributed by atoms with Crippen molar-refractivity contribution in [2.24, 2.45) is 5.92 Å². The summed E-state index contributed by atoms with van der Waals surface area (Å²) in [5.74, 6) is 2.96. The molecule has 82 valence electrons. The first-order valence-corrected chi connectivity index (χ1v) is 4.93. The molecule has 0 bridgehead atoms. The molecule has 0 radical (unpaired) electrons. The quantitative estimate of drug-likeness (QED) is 0.470. The van der Waals surface area contributed by atoms with Crippen LogP contribution in [-0.4, -0.2) is 37.6 Å². The lowest BCUT2D eigenvalue weighted by Gasteiger charge is -2.11. The summed E-state index contributed by atoms with van der Waals surface area (Å²) < 4.78 is 10.2. The first kappa shape index (κ1) is 13.4. The van der Waals surface area contributed by atoms with Crippen LogP contribution in [0.15, 0.2) is 0 Å². The summed E-state index contributed by atoms with van der Waals surface area (Å²) in [6.45, 7) is 5.75. The molecule has 14 heavy (non-hydrogen) atoms. The minimum absolute atomic E-state index is 0.239. The molecule has 0 amide bonds. The molecule has 1 unspecified atom stereocenters. The molecule has 0 aromatic rings. The molecule has 0 saturated heterocycles.